The Labute approximate surface area is 172 Å². The number of nitrogens with zero attached hydrogens (tertiary/aromatic N) is 1. The van der Waals surface area contributed by atoms with Crippen molar-refractivity contribution in [2.45, 2.75) is 20.3 Å². The third kappa shape index (κ3) is 6.38. The number of rotatable bonds is 9. The second-order valence-electron chi connectivity index (χ2n) is 6.51. The topological polar surface area (TPSA) is 67.9 Å². The summed E-state index contributed by atoms with van der Waals surface area (Å²) in [6.07, 6.45) is 4.69. The van der Waals surface area contributed by atoms with Gasteiger partial charge < -0.3 is 19.7 Å². The Bertz CT molecular complexity index is 877. The number of hydrogen-bond acceptors (Lipinski definition) is 4. The Balaban J connectivity index is 1.91. The molecule has 0 aromatic heterocycles. The van der Waals surface area contributed by atoms with Crippen molar-refractivity contribution >= 4 is 23.6 Å². The van der Waals surface area contributed by atoms with Crippen LogP contribution in [0.1, 0.15) is 25.0 Å². The van der Waals surface area contributed by atoms with E-state index in [0.29, 0.717) is 11.5 Å². The maximum Gasteiger partial charge on any atom is 0.260 e. The van der Waals surface area contributed by atoms with E-state index in [9.17, 15) is 9.59 Å². The Kier molecular flexibility index (Phi) is 8.27. The average Bonchev–Trinajstić information content (AvgIpc) is 2.72. The Morgan fingerprint density at radius 1 is 1.14 bits per heavy atom. The second-order valence-corrected chi connectivity index (χ2v) is 6.51. The fraction of sp³-hybridized carbons (Fsp3) is 0.304. The van der Waals surface area contributed by atoms with Gasteiger partial charge in [-0.05, 0) is 42.7 Å². The molecule has 2 aromatic carbocycles. The van der Waals surface area contributed by atoms with Gasteiger partial charge in [-0.1, -0.05) is 43.3 Å². The molecule has 0 saturated carbocycles. The van der Waals surface area contributed by atoms with E-state index in [2.05, 4.69) is 5.32 Å². The van der Waals surface area contributed by atoms with Crippen LogP contribution in [0.3, 0.4) is 0 Å². The quantitative estimate of drug-likeness (QED) is 0.701. The lowest BCUT2D eigenvalue weighted by Gasteiger charge is -2.18. The summed E-state index contributed by atoms with van der Waals surface area (Å²) in [7, 11) is 3.12. The largest absolute Gasteiger partial charge is 0.493 e. The number of benzene rings is 2. The van der Waals surface area contributed by atoms with Crippen LogP contribution in [-0.2, 0) is 16.0 Å². The molecule has 0 fully saturated rings. The maximum absolute atomic E-state index is 12.4. The van der Waals surface area contributed by atoms with E-state index in [0.717, 1.165) is 23.2 Å². The molecule has 0 aliphatic rings. The molecular weight excluding hydrogens is 368 g/mol. The van der Waals surface area contributed by atoms with Crippen LogP contribution >= 0.6 is 0 Å². The first-order valence-corrected chi connectivity index (χ1v) is 9.53. The predicted molar refractivity (Wildman–Crippen MR) is 115 cm³/mol. The molecule has 2 aromatic rings. The SMILES string of the molecule is C/C=C/c1ccc(OCC(=O)N(C)CC(=O)Nc2ccccc2CC)c(OC)c1. The van der Waals surface area contributed by atoms with Gasteiger partial charge in [-0.2, -0.15) is 0 Å². The zero-order chi connectivity index (χ0) is 21.2. The summed E-state index contributed by atoms with van der Waals surface area (Å²) in [6, 6.07) is 13.1. The number of carbonyl (C=O) groups excluding carboxylic acids is 2. The Morgan fingerprint density at radius 2 is 1.90 bits per heavy atom. The van der Waals surface area contributed by atoms with Crippen LogP contribution in [0.15, 0.2) is 48.5 Å². The van der Waals surface area contributed by atoms with Gasteiger partial charge in [0.05, 0.1) is 13.7 Å². The normalized spacial score (nSPS) is 10.6. The Morgan fingerprint density at radius 3 is 2.59 bits per heavy atom. The van der Waals surface area contributed by atoms with E-state index in [4.69, 9.17) is 9.47 Å². The first-order chi connectivity index (χ1) is 14.0. The lowest BCUT2D eigenvalue weighted by Crippen LogP contribution is -2.37. The number of methoxy groups -OCH3 is 1. The first kappa shape index (κ1) is 22.0. The van der Waals surface area contributed by atoms with Gasteiger partial charge in [-0.25, -0.2) is 0 Å². The minimum Gasteiger partial charge on any atom is -0.493 e. The van der Waals surface area contributed by atoms with Crippen molar-refractivity contribution < 1.29 is 19.1 Å². The van der Waals surface area contributed by atoms with Crippen molar-refractivity contribution in [3.63, 3.8) is 0 Å². The van der Waals surface area contributed by atoms with Crippen LogP contribution in [0.4, 0.5) is 5.69 Å². The van der Waals surface area contributed by atoms with E-state index < -0.39 is 0 Å². The van der Waals surface area contributed by atoms with Crippen LogP contribution in [0.25, 0.3) is 6.08 Å². The molecule has 0 aliphatic heterocycles. The zero-order valence-electron chi connectivity index (χ0n) is 17.4. The van der Waals surface area contributed by atoms with Gasteiger partial charge in [0.1, 0.15) is 0 Å². The molecule has 0 heterocycles. The number of aryl methyl sites for hydroxylation is 1. The molecule has 6 heteroatoms. The zero-order valence-corrected chi connectivity index (χ0v) is 17.4. The highest BCUT2D eigenvalue weighted by Crippen LogP contribution is 2.28. The van der Waals surface area contributed by atoms with Gasteiger partial charge in [-0.15, -0.1) is 0 Å². The molecule has 2 amide bonds. The molecule has 0 saturated heterocycles. The summed E-state index contributed by atoms with van der Waals surface area (Å²) in [5, 5.41) is 2.86. The molecule has 0 atom stereocenters. The van der Waals surface area contributed by atoms with Crippen LogP contribution in [0.5, 0.6) is 11.5 Å². The number of amides is 2. The first-order valence-electron chi connectivity index (χ1n) is 9.53. The number of anilines is 1. The molecule has 29 heavy (non-hydrogen) atoms. The predicted octanol–water partition coefficient (Wildman–Crippen LogP) is 3.77. The monoisotopic (exact) mass is 396 g/mol. The van der Waals surface area contributed by atoms with Crippen LogP contribution in [-0.4, -0.2) is 44.0 Å². The van der Waals surface area contributed by atoms with Crippen LogP contribution < -0.4 is 14.8 Å². The molecule has 0 spiro atoms. The lowest BCUT2D eigenvalue weighted by atomic mass is 10.1. The number of ether oxygens (including phenoxy) is 2. The van der Waals surface area contributed by atoms with E-state index in [-0.39, 0.29) is 25.0 Å². The van der Waals surface area contributed by atoms with Crippen molar-refractivity contribution in [3.05, 3.63) is 59.7 Å². The highest BCUT2D eigenvalue weighted by atomic mass is 16.5. The molecule has 0 bridgehead atoms. The third-order valence-electron chi connectivity index (χ3n) is 4.38. The second kappa shape index (κ2) is 10.9. The van der Waals surface area contributed by atoms with Gasteiger partial charge >= 0.3 is 0 Å². The van der Waals surface area contributed by atoms with Crippen molar-refractivity contribution in [1.29, 1.82) is 0 Å². The molecule has 2 rings (SSSR count). The summed E-state index contributed by atoms with van der Waals surface area (Å²) in [4.78, 5) is 26.0. The van der Waals surface area contributed by atoms with Crippen molar-refractivity contribution in [1.82, 2.24) is 4.90 Å². The van der Waals surface area contributed by atoms with Crippen molar-refractivity contribution in [2.75, 3.05) is 32.6 Å². The van der Waals surface area contributed by atoms with Crippen molar-refractivity contribution in [3.8, 4) is 11.5 Å². The van der Waals surface area contributed by atoms with E-state index >= 15 is 0 Å². The van der Waals surface area contributed by atoms with Gasteiger partial charge in [0.25, 0.3) is 5.91 Å². The number of hydrogen-bond donors (Lipinski definition) is 1. The van der Waals surface area contributed by atoms with Gasteiger partial charge in [0, 0.05) is 12.7 Å². The highest BCUT2D eigenvalue weighted by Gasteiger charge is 2.15. The minimum absolute atomic E-state index is 0.0579. The molecule has 0 aliphatic carbocycles. The van der Waals surface area contributed by atoms with E-state index in [1.807, 2.05) is 62.4 Å². The summed E-state index contributed by atoms with van der Waals surface area (Å²) >= 11 is 0. The van der Waals surface area contributed by atoms with Crippen LogP contribution in [0, 0.1) is 0 Å². The van der Waals surface area contributed by atoms with Gasteiger partial charge in [0.2, 0.25) is 5.91 Å². The Hall–Kier alpha value is -3.28. The van der Waals surface area contributed by atoms with Crippen molar-refractivity contribution in [2.24, 2.45) is 0 Å². The number of para-hydroxylation sites is 1. The molecule has 0 radical (unpaired) electrons. The molecule has 0 unspecified atom stereocenters. The minimum atomic E-state index is -0.302. The highest BCUT2D eigenvalue weighted by molar-refractivity contribution is 5.95. The standard InChI is InChI=1S/C23H28N2O4/c1-5-9-17-12-13-20(21(14-17)28-4)29-16-23(27)25(3)15-22(26)24-19-11-8-7-10-18(19)6-2/h5,7-14H,6,15-16H2,1-4H3,(H,24,26)/b9-5+. The number of nitrogens with one attached hydrogen (secondary N) is 1. The van der Waals surface area contributed by atoms with Gasteiger partial charge in [-0.3, -0.25) is 9.59 Å². The van der Waals surface area contributed by atoms with Gasteiger partial charge in [0.15, 0.2) is 18.1 Å². The van der Waals surface area contributed by atoms with E-state index in [1.165, 1.54) is 4.90 Å². The average molecular weight is 396 g/mol. The smallest absolute Gasteiger partial charge is 0.260 e. The molecular formula is C23H28N2O4. The summed E-state index contributed by atoms with van der Waals surface area (Å²) < 4.78 is 10.9. The number of likely N-dealkylation sites (N-methyl/N-ethyl adjacent to an activating group) is 1. The number of carbonyl (C=O) groups is 2. The fourth-order valence-electron chi connectivity index (χ4n) is 2.79. The van der Waals surface area contributed by atoms with E-state index in [1.54, 1.807) is 20.2 Å². The maximum atomic E-state index is 12.4. The summed E-state index contributed by atoms with van der Waals surface area (Å²) in [6.45, 7) is 3.71. The number of allylic oxidation sites excluding steroid dienone is 1. The fourth-order valence-corrected chi connectivity index (χ4v) is 2.79. The molecule has 1 N–H and O–H groups in total. The lowest BCUT2D eigenvalue weighted by molar-refractivity contribution is -0.135. The third-order valence-corrected chi connectivity index (χ3v) is 4.38. The summed E-state index contributed by atoms with van der Waals surface area (Å²) in [5.74, 6) is 0.465. The summed E-state index contributed by atoms with van der Waals surface area (Å²) in [5.41, 5.74) is 2.79. The molecule has 6 nitrogen and oxygen atoms in total. The van der Waals surface area contributed by atoms with Crippen LogP contribution in [0.2, 0.25) is 0 Å². The molecule has 154 valence electrons.